The van der Waals surface area contributed by atoms with Crippen LogP contribution in [0.3, 0.4) is 0 Å². The molecule has 30 heavy (non-hydrogen) atoms. The van der Waals surface area contributed by atoms with Crippen LogP contribution in [0.15, 0.2) is 96.2 Å². The maximum absolute atomic E-state index is 6.15. The van der Waals surface area contributed by atoms with Gasteiger partial charge in [0.05, 0.1) is 18.1 Å². The highest BCUT2D eigenvalue weighted by molar-refractivity contribution is 6.14. The summed E-state index contributed by atoms with van der Waals surface area (Å²) >= 11 is 0. The van der Waals surface area contributed by atoms with Crippen LogP contribution in [-0.4, -0.2) is 33.8 Å². The van der Waals surface area contributed by atoms with E-state index < -0.39 is 0 Å². The van der Waals surface area contributed by atoms with Gasteiger partial charge in [-0.25, -0.2) is 14.2 Å². The minimum absolute atomic E-state index is 0.000339. The zero-order valence-electron chi connectivity index (χ0n) is 16.6. The van der Waals surface area contributed by atoms with Crippen LogP contribution in [0.2, 0.25) is 0 Å². The molecule has 5 rings (SSSR count). The number of nitrogens with zero attached hydrogens (tertiary/aromatic N) is 4. The molecule has 5 nitrogen and oxygen atoms in total. The van der Waals surface area contributed by atoms with Crippen molar-refractivity contribution in [1.82, 2.24) is 9.78 Å². The van der Waals surface area contributed by atoms with E-state index in [1.807, 2.05) is 97.2 Å². The molecule has 0 bridgehead atoms. The molecular formula is C25H21N4O+. The molecule has 1 atom stereocenters. The second kappa shape index (κ2) is 7.79. The lowest BCUT2D eigenvalue weighted by Crippen LogP contribution is -2.08. The molecule has 0 amide bonds. The summed E-state index contributed by atoms with van der Waals surface area (Å²) in [5, 5.41) is 4.52. The number of hydrogen-bond donors (Lipinski definition) is 0. The summed E-state index contributed by atoms with van der Waals surface area (Å²) in [6, 6.07) is 26.2. The van der Waals surface area contributed by atoms with E-state index in [0.29, 0.717) is 0 Å². The van der Waals surface area contributed by atoms with E-state index in [0.717, 1.165) is 33.9 Å². The summed E-state index contributed by atoms with van der Waals surface area (Å²) in [7, 11) is 2.02. The average Bonchev–Trinajstić information content (AvgIpc) is 3.44. The quantitative estimate of drug-likeness (QED) is 0.441. The molecule has 0 saturated carbocycles. The van der Waals surface area contributed by atoms with Crippen molar-refractivity contribution >= 4 is 12.4 Å². The van der Waals surface area contributed by atoms with Gasteiger partial charge < -0.3 is 4.74 Å². The highest BCUT2D eigenvalue weighted by Crippen LogP contribution is 2.28. The van der Waals surface area contributed by atoms with Crippen LogP contribution in [0.1, 0.15) is 11.7 Å². The van der Waals surface area contributed by atoms with Crippen LogP contribution in [-0.2, 0) is 0 Å². The normalized spacial score (nSPS) is 15.2. The summed E-state index contributed by atoms with van der Waals surface area (Å²) in [6.45, 7) is 0. The summed E-state index contributed by atoms with van der Waals surface area (Å²) in [6.07, 6.45) is 7.70. The molecule has 4 aromatic rings. The van der Waals surface area contributed by atoms with Crippen LogP contribution in [0.25, 0.3) is 16.8 Å². The van der Waals surface area contributed by atoms with Gasteiger partial charge in [0.15, 0.2) is 6.21 Å². The first kappa shape index (κ1) is 18.1. The van der Waals surface area contributed by atoms with Crippen LogP contribution in [0, 0.1) is 0 Å². The Morgan fingerprint density at radius 3 is 2.47 bits per heavy atom. The van der Waals surface area contributed by atoms with Gasteiger partial charge in [0.25, 0.3) is 6.17 Å². The fourth-order valence-electron chi connectivity index (χ4n) is 3.54. The third kappa shape index (κ3) is 3.65. The molecule has 0 N–H and O–H groups in total. The molecule has 0 saturated heterocycles. The van der Waals surface area contributed by atoms with E-state index in [1.165, 1.54) is 0 Å². The Hall–Kier alpha value is -3.99. The monoisotopic (exact) mass is 393 g/mol. The number of aliphatic imine (C=N–C) groups is 1. The average molecular weight is 393 g/mol. The first-order valence-electron chi connectivity index (χ1n) is 9.83. The van der Waals surface area contributed by atoms with Crippen molar-refractivity contribution in [3.05, 3.63) is 96.8 Å². The molecule has 146 valence electrons. The van der Waals surface area contributed by atoms with Crippen molar-refractivity contribution in [2.24, 2.45) is 4.99 Å². The lowest BCUT2D eigenvalue weighted by molar-refractivity contribution is -0.533. The number of ether oxygens (including phenoxy) is 1. The van der Waals surface area contributed by atoms with Gasteiger partial charge in [0.1, 0.15) is 18.5 Å². The fraction of sp³-hybridized carbons (Fsp3) is 0.0800. The maximum atomic E-state index is 6.15. The van der Waals surface area contributed by atoms with E-state index in [-0.39, 0.29) is 6.17 Å². The predicted octanol–water partition coefficient (Wildman–Crippen LogP) is 5.13. The van der Waals surface area contributed by atoms with E-state index in [9.17, 15) is 0 Å². The zero-order chi connectivity index (χ0) is 20.3. The molecular weight excluding hydrogens is 372 g/mol. The SMILES string of the molecule is C[N+]1=CC=NC1c1cccc(Oc2cccc(-n3cc(-c4ccccc4)cn3)c2)c1. The first-order chi connectivity index (χ1) is 14.8. The first-order valence-corrected chi connectivity index (χ1v) is 9.83. The van der Waals surface area contributed by atoms with Crippen molar-refractivity contribution in [1.29, 1.82) is 0 Å². The molecule has 0 aliphatic carbocycles. The molecule has 0 spiro atoms. The van der Waals surface area contributed by atoms with Crippen LogP contribution in [0.5, 0.6) is 11.5 Å². The van der Waals surface area contributed by atoms with Crippen LogP contribution >= 0.6 is 0 Å². The van der Waals surface area contributed by atoms with Gasteiger partial charge in [-0.3, -0.25) is 0 Å². The molecule has 1 aromatic heterocycles. The lowest BCUT2D eigenvalue weighted by atomic mass is 10.1. The summed E-state index contributed by atoms with van der Waals surface area (Å²) < 4.78 is 10.1. The van der Waals surface area contributed by atoms with E-state index in [1.54, 1.807) is 0 Å². The standard InChI is InChI=1S/C25H21N4O/c1-28-14-13-26-25(28)20-9-5-11-23(15-20)30-24-12-6-10-22(16-24)29-18-21(17-27-29)19-7-3-2-4-8-19/h2-18,25H,1H3/q+1. The molecule has 1 aliphatic heterocycles. The van der Waals surface area contributed by atoms with Gasteiger partial charge >= 0.3 is 0 Å². The topological polar surface area (TPSA) is 42.4 Å². The minimum atomic E-state index is 0.000339. The second-order valence-electron chi connectivity index (χ2n) is 7.20. The highest BCUT2D eigenvalue weighted by atomic mass is 16.5. The summed E-state index contributed by atoms with van der Waals surface area (Å²) in [5.74, 6) is 1.54. The lowest BCUT2D eigenvalue weighted by Gasteiger charge is -2.10. The number of aromatic nitrogens is 2. The van der Waals surface area contributed by atoms with E-state index in [2.05, 4.69) is 32.9 Å². The van der Waals surface area contributed by atoms with Gasteiger partial charge in [-0.2, -0.15) is 5.10 Å². The minimum Gasteiger partial charge on any atom is -0.457 e. The Labute approximate surface area is 175 Å². The van der Waals surface area contributed by atoms with Crippen molar-refractivity contribution in [2.75, 3.05) is 7.05 Å². The Morgan fingerprint density at radius 1 is 0.867 bits per heavy atom. The third-order valence-corrected chi connectivity index (χ3v) is 5.08. The molecule has 1 unspecified atom stereocenters. The number of hydrogen-bond acceptors (Lipinski definition) is 3. The molecule has 0 radical (unpaired) electrons. The largest absolute Gasteiger partial charge is 0.457 e. The van der Waals surface area contributed by atoms with Gasteiger partial charge in [-0.15, -0.1) is 0 Å². The third-order valence-electron chi connectivity index (χ3n) is 5.08. The fourth-order valence-corrected chi connectivity index (χ4v) is 3.54. The van der Waals surface area contributed by atoms with Gasteiger partial charge in [-0.05, 0) is 35.9 Å². The molecule has 2 heterocycles. The molecule has 5 heteroatoms. The second-order valence-corrected chi connectivity index (χ2v) is 7.20. The molecule has 0 fully saturated rings. The van der Waals surface area contributed by atoms with Crippen molar-refractivity contribution in [3.63, 3.8) is 0 Å². The Balaban J connectivity index is 1.38. The summed E-state index contributed by atoms with van der Waals surface area (Å²) in [4.78, 5) is 4.49. The van der Waals surface area contributed by atoms with E-state index in [4.69, 9.17) is 4.74 Å². The van der Waals surface area contributed by atoms with E-state index >= 15 is 0 Å². The van der Waals surface area contributed by atoms with Crippen LogP contribution in [0.4, 0.5) is 0 Å². The predicted molar refractivity (Wildman–Crippen MR) is 119 cm³/mol. The smallest absolute Gasteiger partial charge is 0.272 e. The van der Waals surface area contributed by atoms with Crippen molar-refractivity contribution in [3.8, 4) is 28.3 Å². The van der Waals surface area contributed by atoms with Gasteiger partial charge in [-0.1, -0.05) is 42.5 Å². The number of rotatable bonds is 5. The molecule has 3 aromatic carbocycles. The maximum Gasteiger partial charge on any atom is 0.272 e. The van der Waals surface area contributed by atoms with Crippen molar-refractivity contribution in [2.45, 2.75) is 6.17 Å². The highest BCUT2D eigenvalue weighted by Gasteiger charge is 2.21. The zero-order valence-corrected chi connectivity index (χ0v) is 16.6. The number of benzene rings is 3. The van der Waals surface area contributed by atoms with Crippen LogP contribution < -0.4 is 4.74 Å². The van der Waals surface area contributed by atoms with Gasteiger partial charge in [0.2, 0.25) is 0 Å². The Bertz CT molecular complexity index is 1240. The Kier molecular flexibility index (Phi) is 4.69. The van der Waals surface area contributed by atoms with Gasteiger partial charge in [0, 0.05) is 23.4 Å². The van der Waals surface area contributed by atoms with Crippen molar-refractivity contribution < 1.29 is 9.31 Å². The Morgan fingerprint density at radius 2 is 1.67 bits per heavy atom. The molecule has 1 aliphatic rings. The summed E-state index contributed by atoms with van der Waals surface area (Å²) in [5.41, 5.74) is 4.26.